The minimum Gasteiger partial charge on any atom is -0.395 e. The number of aromatic nitrogens is 2. The van der Waals surface area contributed by atoms with Crippen LogP contribution in [0, 0.1) is 10.1 Å². The van der Waals surface area contributed by atoms with Crippen LogP contribution >= 0.6 is 0 Å². The molecule has 0 radical (unpaired) electrons. The predicted molar refractivity (Wildman–Crippen MR) is 76.9 cm³/mol. The second-order valence-corrected chi connectivity index (χ2v) is 5.26. The number of non-ortho nitro benzene ring substituents is 1. The van der Waals surface area contributed by atoms with E-state index in [0.717, 1.165) is 19.4 Å². The van der Waals surface area contributed by atoms with E-state index in [9.17, 15) is 15.2 Å². The molecule has 0 spiro atoms. The summed E-state index contributed by atoms with van der Waals surface area (Å²) in [5, 5.41) is 23.8. The van der Waals surface area contributed by atoms with Gasteiger partial charge in [-0.25, -0.2) is 0 Å². The van der Waals surface area contributed by atoms with Crippen LogP contribution in [0.15, 0.2) is 28.8 Å². The van der Waals surface area contributed by atoms with Crippen molar-refractivity contribution < 1.29 is 14.6 Å². The number of aliphatic hydroxyl groups excluding tert-OH is 1. The first-order chi connectivity index (χ1) is 10.7. The Morgan fingerprint density at radius 3 is 2.86 bits per heavy atom. The highest BCUT2D eigenvalue weighted by Crippen LogP contribution is 2.22. The Kier molecular flexibility index (Phi) is 4.12. The average molecular weight is 304 g/mol. The molecule has 2 aromatic rings. The highest BCUT2D eigenvalue weighted by atomic mass is 16.6. The fourth-order valence-electron chi connectivity index (χ4n) is 2.65. The molecule has 3 rings (SSSR count). The second kappa shape index (κ2) is 6.20. The van der Waals surface area contributed by atoms with E-state index in [1.807, 2.05) is 0 Å². The molecule has 1 fully saturated rings. The predicted octanol–water partition coefficient (Wildman–Crippen LogP) is 1.60. The van der Waals surface area contributed by atoms with Gasteiger partial charge in [0.15, 0.2) is 0 Å². The maximum absolute atomic E-state index is 10.6. The number of rotatable bonds is 5. The summed E-state index contributed by atoms with van der Waals surface area (Å²) in [6, 6.07) is 6.16. The molecule has 0 unspecified atom stereocenters. The van der Waals surface area contributed by atoms with Crippen LogP contribution < -0.4 is 0 Å². The first-order valence-electron chi connectivity index (χ1n) is 7.09. The topological polar surface area (TPSA) is 106 Å². The Morgan fingerprint density at radius 2 is 2.18 bits per heavy atom. The van der Waals surface area contributed by atoms with E-state index in [0.29, 0.717) is 23.8 Å². The van der Waals surface area contributed by atoms with Crippen molar-refractivity contribution in [2.75, 3.05) is 13.2 Å². The smallest absolute Gasteiger partial charge is 0.269 e. The van der Waals surface area contributed by atoms with E-state index in [1.54, 1.807) is 12.1 Å². The number of benzene rings is 1. The number of hydrogen-bond acceptors (Lipinski definition) is 7. The first kappa shape index (κ1) is 14.6. The molecule has 8 heteroatoms. The zero-order valence-corrected chi connectivity index (χ0v) is 11.9. The summed E-state index contributed by atoms with van der Waals surface area (Å²) in [7, 11) is 0. The number of nitro benzene ring substituents is 1. The van der Waals surface area contributed by atoms with E-state index in [-0.39, 0.29) is 18.3 Å². The number of nitrogens with zero attached hydrogens (tertiary/aromatic N) is 4. The van der Waals surface area contributed by atoms with Crippen molar-refractivity contribution in [3.8, 4) is 11.4 Å². The van der Waals surface area contributed by atoms with Crippen molar-refractivity contribution in [1.82, 2.24) is 15.0 Å². The summed E-state index contributed by atoms with van der Waals surface area (Å²) >= 11 is 0. The number of likely N-dealkylation sites (tertiary alicyclic amines) is 1. The van der Waals surface area contributed by atoms with Gasteiger partial charge in [0.05, 0.1) is 18.1 Å². The maximum Gasteiger partial charge on any atom is 0.269 e. The van der Waals surface area contributed by atoms with Crippen LogP contribution in [0.2, 0.25) is 0 Å². The Labute approximate surface area is 126 Å². The minimum atomic E-state index is -0.451. The quantitative estimate of drug-likeness (QED) is 0.660. The fourth-order valence-corrected chi connectivity index (χ4v) is 2.65. The van der Waals surface area contributed by atoms with Gasteiger partial charge < -0.3 is 9.63 Å². The number of aliphatic hydroxyl groups is 1. The lowest BCUT2D eigenvalue weighted by molar-refractivity contribution is -0.384. The normalized spacial score (nSPS) is 18.7. The summed E-state index contributed by atoms with van der Waals surface area (Å²) in [5.41, 5.74) is 0.691. The fraction of sp³-hybridized carbons (Fsp3) is 0.429. The lowest BCUT2D eigenvalue weighted by Gasteiger charge is -2.20. The molecule has 116 valence electrons. The molecule has 1 aliphatic rings. The van der Waals surface area contributed by atoms with Crippen molar-refractivity contribution in [3.05, 3.63) is 40.3 Å². The van der Waals surface area contributed by atoms with Gasteiger partial charge in [0, 0.05) is 23.7 Å². The van der Waals surface area contributed by atoms with Gasteiger partial charge in [-0.05, 0) is 31.5 Å². The molecule has 1 aliphatic heterocycles. The van der Waals surface area contributed by atoms with Crippen molar-refractivity contribution in [2.24, 2.45) is 0 Å². The van der Waals surface area contributed by atoms with Gasteiger partial charge in [-0.3, -0.25) is 15.0 Å². The van der Waals surface area contributed by atoms with Crippen molar-refractivity contribution in [3.63, 3.8) is 0 Å². The third kappa shape index (κ3) is 2.97. The van der Waals surface area contributed by atoms with Gasteiger partial charge in [0.25, 0.3) is 5.69 Å². The molecule has 8 nitrogen and oxygen atoms in total. The molecule has 2 heterocycles. The molecule has 0 saturated carbocycles. The SMILES string of the molecule is O=[N+]([O-])c1ccc(-c2noc(CN3CCC[C@H]3CO)n2)cc1. The third-order valence-electron chi connectivity index (χ3n) is 3.85. The zero-order chi connectivity index (χ0) is 15.5. The van der Waals surface area contributed by atoms with Crippen LogP contribution in [-0.4, -0.2) is 44.3 Å². The van der Waals surface area contributed by atoms with Crippen LogP contribution in [-0.2, 0) is 6.54 Å². The summed E-state index contributed by atoms with van der Waals surface area (Å²) in [6.07, 6.45) is 2.02. The van der Waals surface area contributed by atoms with Crippen LogP contribution in [0.25, 0.3) is 11.4 Å². The summed E-state index contributed by atoms with van der Waals surface area (Å²) < 4.78 is 5.23. The molecule has 0 amide bonds. The van der Waals surface area contributed by atoms with Crippen LogP contribution in [0.3, 0.4) is 0 Å². The van der Waals surface area contributed by atoms with Gasteiger partial charge in [0.2, 0.25) is 11.7 Å². The Bertz CT molecular complexity index is 655. The molecule has 0 aliphatic carbocycles. The molecule has 1 aromatic carbocycles. The van der Waals surface area contributed by atoms with E-state index < -0.39 is 4.92 Å². The van der Waals surface area contributed by atoms with E-state index in [2.05, 4.69) is 15.0 Å². The lowest BCUT2D eigenvalue weighted by Crippen LogP contribution is -2.31. The van der Waals surface area contributed by atoms with Crippen molar-refractivity contribution in [2.45, 2.75) is 25.4 Å². The molecule has 22 heavy (non-hydrogen) atoms. The van der Waals surface area contributed by atoms with Crippen molar-refractivity contribution >= 4 is 5.69 Å². The second-order valence-electron chi connectivity index (χ2n) is 5.26. The summed E-state index contributed by atoms with van der Waals surface area (Å²) in [4.78, 5) is 16.6. The lowest BCUT2D eigenvalue weighted by atomic mass is 10.2. The highest BCUT2D eigenvalue weighted by molar-refractivity contribution is 5.56. The first-order valence-corrected chi connectivity index (χ1v) is 7.09. The minimum absolute atomic E-state index is 0.0234. The van der Waals surface area contributed by atoms with Gasteiger partial charge >= 0.3 is 0 Å². The van der Waals surface area contributed by atoms with Crippen LogP contribution in [0.1, 0.15) is 18.7 Å². The standard InChI is InChI=1S/C14H16N4O4/c19-9-12-2-1-7-17(12)8-13-15-14(16-22-13)10-3-5-11(6-4-10)18(20)21/h3-6,12,19H,1-2,7-9H2/t12-/m0/s1. The van der Waals surface area contributed by atoms with Gasteiger partial charge in [-0.15, -0.1) is 0 Å². The van der Waals surface area contributed by atoms with Gasteiger partial charge in [0.1, 0.15) is 0 Å². The Hall–Kier alpha value is -2.32. The monoisotopic (exact) mass is 304 g/mol. The Morgan fingerprint density at radius 1 is 1.41 bits per heavy atom. The van der Waals surface area contributed by atoms with Crippen LogP contribution in [0.4, 0.5) is 5.69 Å². The molecular formula is C14H16N4O4. The molecule has 1 aromatic heterocycles. The number of hydrogen-bond donors (Lipinski definition) is 1. The molecule has 1 N–H and O–H groups in total. The van der Waals surface area contributed by atoms with E-state index in [4.69, 9.17) is 4.52 Å². The molecular weight excluding hydrogens is 288 g/mol. The average Bonchev–Trinajstić information content (AvgIpc) is 3.17. The third-order valence-corrected chi connectivity index (χ3v) is 3.85. The van der Waals surface area contributed by atoms with Gasteiger partial charge in [-0.1, -0.05) is 5.16 Å². The Balaban J connectivity index is 1.72. The zero-order valence-electron chi connectivity index (χ0n) is 11.9. The summed E-state index contributed by atoms with van der Waals surface area (Å²) in [6.45, 7) is 1.54. The summed E-state index contributed by atoms with van der Waals surface area (Å²) in [5.74, 6) is 0.887. The van der Waals surface area contributed by atoms with Gasteiger partial charge in [-0.2, -0.15) is 4.98 Å². The van der Waals surface area contributed by atoms with E-state index in [1.165, 1.54) is 12.1 Å². The highest BCUT2D eigenvalue weighted by Gasteiger charge is 2.25. The largest absolute Gasteiger partial charge is 0.395 e. The molecule has 1 atom stereocenters. The maximum atomic E-state index is 10.6. The van der Waals surface area contributed by atoms with E-state index >= 15 is 0 Å². The molecule has 1 saturated heterocycles. The van der Waals surface area contributed by atoms with Crippen LogP contribution in [0.5, 0.6) is 0 Å². The number of nitro groups is 1. The molecule has 0 bridgehead atoms. The van der Waals surface area contributed by atoms with Crippen molar-refractivity contribution in [1.29, 1.82) is 0 Å².